The first-order valence-corrected chi connectivity index (χ1v) is 8.91. The Hall–Kier alpha value is -2.76. The molecule has 0 spiro atoms. The molecule has 2 amide bonds. The number of piperidine rings is 1. The number of nitrogens with zero attached hydrogens (tertiary/aromatic N) is 2. The third-order valence-corrected chi connectivity index (χ3v) is 4.80. The van der Waals surface area contributed by atoms with Crippen LogP contribution in [0.25, 0.3) is 0 Å². The monoisotopic (exact) mass is 355 g/mol. The van der Waals surface area contributed by atoms with E-state index in [-0.39, 0.29) is 17.7 Å². The van der Waals surface area contributed by atoms with Crippen molar-refractivity contribution in [3.05, 3.63) is 54.0 Å². The first-order chi connectivity index (χ1) is 12.5. The van der Waals surface area contributed by atoms with Gasteiger partial charge in [0.25, 0.3) is 5.91 Å². The summed E-state index contributed by atoms with van der Waals surface area (Å²) in [6, 6.07) is 11.5. The summed E-state index contributed by atoms with van der Waals surface area (Å²) in [7, 11) is 4.00. The van der Waals surface area contributed by atoms with Crippen molar-refractivity contribution in [2.75, 3.05) is 32.1 Å². The Morgan fingerprint density at radius 2 is 1.85 bits per heavy atom. The molecule has 6 heteroatoms. The van der Waals surface area contributed by atoms with Crippen molar-refractivity contribution in [3.63, 3.8) is 0 Å². The normalized spacial score (nSPS) is 14.9. The van der Waals surface area contributed by atoms with Crippen LogP contribution in [-0.4, -0.2) is 43.9 Å². The number of benzene rings is 1. The summed E-state index contributed by atoms with van der Waals surface area (Å²) in [6.45, 7) is 1.68. The minimum Gasteiger partial charge on any atom is -0.459 e. The van der Waals surface area contributed by atoms with E-state index in [9.17, 15) is 9.59 Å². The maximum absolute atomic E-state index is 12.4. The predicted molar refractivity (Wildman–Crippen MR) is 100.0 cm³/mol. The first kappa shape index (κ1) is 18.0. The predicted octanol–water partition coefficient (Wildman–Crippen LogP) is 2.51. The fourth-order valence-corrected chi connectivity index (χ4v) is 3.15. The molecule has 0 saturated carbocycles. The van der Waals surface area contributed by atoms with E-state index in [1.807, 2.05) is 43.3 Å². The molecule has 6 nitrogen and oxygen atoms in total. The van der Waals surface area contributed by atoms with Gasteiger partial charge in [0.2, 0.25) is 5.91 Å². The summed E-state index contributed by atoms with van der Waals surface area (Å²) in [4.78, 5) is 28.5. The van der Waals surface area contributed by atoms with Crippen LogP contribution < -0.4 is 10.2 Å². The van der Waals surface area contributed by atoms with Crippen LogP contribution in [0.1, 0.15) is 29.0 Å². The third-order valence-electron chi connectivity index (χ3n) is 4.80. The van der Waals surface area contributed by atoms with Crippen LogP contribution in [0.4, 0.5) is 5.69 Å². The van der Waals surface area contributed by atoms with Gasteiger partial charge in [-0.15, -0.1) is 0 Å². The van der Waals surface area contributed by atoms with Crippen molar-refractivity contribution in [2.24, 2.45) is 5.92 Å². The summed E-state index contributed by atoms with van der Waals surface area (Å²) in [5, 5.41) is 3.01. The Kier molecular flexibility index (Phi) is 5.61. The van der Waals surface area contributed by atoms with Gasteiger partial charge in [0.15, 0.2) is 5.76 Å². The Morgan fingerprint density at radius 1 is 1.15 bits per heavy atom. The Morgan fingerprint density at radius 3 is 2.42 bits per heavy atom. The lowest BCUT2D eigenvalue weighted by Gasteiger charge is -2.30. The van der Waals surface area contributed by atoms with Gasteiger partial charge in [0.05, 0.1) is 6.26 Å². The molecule has 138 valence electrons. The fourth-order valence-electron chi connectivity index (χ4n) is 3.15. The molecule has 1 N–H and O–H groups in total. The summed E-state index contributed by atoms with van der Waals surface area (Å²) in [5.41, 5.74) is 2.21. The number of carbonyl (C=O) groups is 2. The zero-order chi connectivity index (χ0) is 18.5. The second kappa shape index (κ2) is 8.08. The average Bonchev–Trinajstić information content (AvgIpc) is 3.20. The van der Waals surface area contributed by atoms with E-state index in [4.69, 9.17) is 4.42 Å². The fraction of sp³-hybridized carbons (Fsp3) is 0.400. The van der Waals surface area contributed by atoms with E-state index in [1.54, 1.807) is 17.0 Å². The lowest BCUT2D eigenvalue weighted by Crippen LogP contribution is -2.42. The van der Waals surface area contributed by atoms with Crippen LogP contribution in [0.5, 0.6) is 0 Å². The van der Waals surface area contributed by atoms with Gasteiger partial charge in [0, 0.05) is 45.3 Å². The van der Waals surface area contributed by atoms with E-state index in [0.29, 0.717) is 38.2 Å². The molecule has 1 aliphatic heterocycles. The highest BCUT2D eigenvalue weighted by Gasteiger charge is 2.28. The molecule has 1 aliphatic rings. The molecule has 1 aromatic heterocycles. The number of amides is 2. The maximum Gasteiger partial charge on any atom is 0.289 e. The summed E-state index contributed by atoms with van der Waals surface area (Å²) in [6.07, 6.45) is 2.86. The van der Waals surface area contributed by atoms with Gasteiger partial charge in [-0.1, -0.05) is 12.1 Å². The van der Waals surface area contributed by atoms with Crippen LogP contribution in [0.2, 0.25) is 0 Å². The number of rotatable bonds is 5. The van der Waals surface area contributed by atoms with Gasteiger partial charge in [0.1, 0.15) is 0 Å². The SMILES string of the molecule is CN(C)c1ccc(CNC(=O)C2CCN(C(=O)c3ccco3)CC2)cc1. The quantitative estimate of drug-likeness (QED) is 0.895. The molecule has 1 saturated heterocycles. The van der Waals surface area contributed by atoms with E-state index in [2.05, 4.69) is 5.32 Å². The smallest absolute Gasteiger partial charge is 0.289 e. The van der Waals surface area contributed by atoms with Crippen LogP contribution in [0, 0.1) is 5.92 Å². The molecule has 0 bridgehead atoms. The van der Waals surface area contributed by atoms with Crippen molar-refractivity contribution in [1.82, 2.24) is 10.2 Å². The highest BCUT2D eigenvalue weighted by molar-refractivity contribution is 5.91. The van der Waals surface area contributed by atoms with Gasteiger partial charge < -0.3 is 19.5 Å². The largest absolute Gasteiger partial charge is 0.459 e. The third kappa shape index (κ3) is 4.25. The number of likely N-dealkylation sites (tertiary alicyclic amines) is 1. The van der Waals surface area contributed by atoms with Crippen molar-refractivity contribution in [3.8, 4) is 0 Å². The molecule has 26 heavy (non-hydrogen) atoms. The highest BCUT2D eigenvalue weighted by atomic mass is 16.3. The van der Waals surface area contributed by atoms with Crippen LogP contribution >= 0.6 is 0 Å². The molecular formula is C20H25N3O3. The van der Waals surface area contributed by atoms with E-state index in [1.165, 1.54) is 6.26 Å². The number of carbonyl (C=O) groups excluding carboxylic acids is 2. The molecule has 2 aromatic rings. The number of hydrogen-bond donors (Lipinski definition) is 1. The van der Waals surface area contributed by atoms with Crippen LogP contribution in [0.3, 0.4) is 0 Å². The maximum atomic E-state index is 12.4. The molecule has 0 atom stereocenters. The molecule has 2 heterocycles. The second-order valence-corrected chi connectivity index (χ2v) is 6.82. The summed E-state index contributed by atoms with van der Waals surface area (Å²) in [5.74, 6) is 0.271. The van der Waals surface area contributed by atoms with Crippen molar-refractivity contribution >= 4 is 17.5 Å². The van der Waals surface area contributed by atoms with E-state index >= 15 is 0 Å². The van der Waals surface area contributed by atoms with Gasteiger partial charge in [-0.05, 0) is 42.7 Å². The molecule has 1 fully saturated rings. The molecule has 0 radical (unpaired) electrons. The lowest BCUT2D eigenvalue weighted by atomic mass is 9.95. The van der Waals surface area contributed by atoms with Gasteiger partial charge >= 0.3 is 0 Å². The van der Waals surface area contributed by atoms with Crippen LogP contribution in [-0.2, 0) is 11.3 Å². The number of anilines is 1. The van der Waals surface area contributed by atoms with E-state index < -0.39 is 0 Å². The van der Waals surface area contributed by atoms with Crippen molar-refractivity contribution in [1.29, 1.82) is 0 Å². The van der Waals surface area contributed by atoms with Gasteiger partial charge in [-0.2, -0.15) is 0 Å². The number of furan rings is 1. The number of hydrogen-bond acceptors (Lipinski definition) is 4. The molecule has 1 aromatic carbocycles. The van der Waals surface area contributed by atoms with Crippen molar-refractivity contribution < 1.29 is 14.0 Å². The zero-order valence-corrected chi connectivity index (χ0v) is 15.3. The first-order valence-electron chi connectivity index (χ1n) is 8.91. The minimum absolute atomic E-state index is 0.0447. The van der Waals surface area contributed by atoms with Gasteiger partial charge in [-0.25, -0.2) is 0 Å². The van der Waals surface area contributed by atoms with Crippen LogP contribution in [0.15, 0.2) is 47.1 Å². The Labute approximate surface area is 153 Å². The highest BCUT2D eigenvalue weighted by Crippen LogP contribution is 2.20. The zero-order valence-electron chi connectivity index (χ0n) is 15.3. The van der Waals surface area contributed by atoms with Gasteiger partial charge in [-0.3, -0.25) is 9.59 Å². The Bertz CT molecular complexity index is 730. The molecular weight excluding hydrogens is 330 g/mol. The summed E-state index contributed by atoms with van der Waals surface area (Å²) < 4.78 is 5.16. The Balaban J connectivity index is 1.45. The van der Waals surface area contributed by atoms with E-state index in [0.717, 1.165) is 11.3 Å². The van der Waals surface area contributed by atoms with Crippen molar-refractivity contribution in [2.45, 2.75) is 19.4 Å². The number of nitrogens with one attached hydrogen (secondary N) is 1. The molecule has 0 aliphatic carbocycles. The lowest BCUT2D eigenvalue weighted by molar-refractivity contribution is -0.126. The molecule has 0 unspecified atom stereocenters. The molecule has 3 rings (SSSR count). The average molecular weight is 355 g/mol. The minimum atomic E-state index is -0.102. The standard InChI is InChI=1S/C20H25N3O3/c1-22(2)17-7-5-15(6-8-17)14-21-19(24)16-9-11-23(12-10-16)20(25)18-4-3-13-26-18/h3-8,13,16H,9-12,14H2,1-2H3,(H,21,24). The summed E-state index contributed by atoms with van der Waals surface area (Å²) >= 11 is 0. The second-order valence-electron chi connectivity index (χ2n) is 6.82. The topological polar surface area (TPSA) is 65.8 Å².